The molecule has 1 amide bonds. The smallest absolute Gasteiger partial charge is 0.265 e. The summed E-state index contributed by atoms with van der Waals surface area (Å²) >= 11 is 0. The molecule has 5 heteroatoms. The highest BCUT2D eigenvalue weighted by molar-refractivity contribution is 5.80. The van der Waals surface area contributed by atoms with Crippen molar-refractivity contribution in [1.82, 2.24) is 4.90 Å². The molecule has 0 saturated carbocycles. The third kappa shape index (κ3) is 2.62. The predicted molar refractivity (Wildman–Crippen MR) is 42.4 cm³/mol. The van der Waals surface area contributed by atoms with E-state index in [1.54, 1.807) is 0 Å². The Bertz CT molecular complexity index is 206. The van der Waals surface area contributed by atoms with E-state index in [4.69, 9.17) is 5.11 Å². The van der Waals surface area contributed by atoms with Crippen LogP contribution in [-0.4, -0.2) is 41.0 Å². The molecule has 0 aromatic carbocycles. The molecule has 1 aliphatic heterocycles. The van der Waals surface area contributed by atoms with Crippen molar-refractivity contribution in [2.75, 3.05) is 13.1 Å². The maximum absolute atomic E-state index is 12.8. The number of hydrogen-bond acceptors (Lipinski definition) is 2. The molecule has 1 heterocycles. The molecule has 1 N–H and O–H groups in total. The minimum atomic E-state index is -2.79. The van der Waals surface area contributed by atoms with E-state index < -0.39 is 24.5 Å². The second-order valence-electron chi connectivity index (χ2n) is 3.40. The van der Waals surface area contributed by atoms with Crippen molar-refractivity contribution in [3.63, 3.8) is 0 Å². The van der Waals surface area contributed by atoms with Crippen LogP contribution < -0.4 is 0 Å². The minimum absolute atomic E-state index is 0.170. The standard InChI is InChI=1S/C8H13F2NO2/c1-6(12)7(13)11-4-2-3-8(9,10)5-11/h6,12H,2-5H2,1H3/t6-/m1/s1. The number of halogens is 2. The number of nitrogens with zero attached hydrogens (tertiary/aromatic N) is 1. The van der Waals surface area contributed by atoms with E-state index in [0.29, 0.717) is 13.0 Å². The summed E-state index contributed by atoms with van der Waals surface area (Å²) in [6.07, 6.45) is -1.06. The number of carbonyl (C=O) groups excluding carboxylic acids is 1. The summed E-state index contributed by atoms with van der Waals surface area (Å²) in [5.41, 5.74) is 0. The number of hydrogen-bond donors (Lipinski definition) is 1. The molecule has 1 fully saturated rings. The quantitative estimate of drug-likeness (QED) is 0.663. The van der Waals surface area contributed by atoms with E-state index in [0.717, 1.165) is 4.90 Å². The van der Waals surface area contributed by atoms with Gasteiger partial charge in [0.1, 0.15) is 6.10 Å². The van der Waals surface area contributed by atoms with Gasteiger partial charge in [0.25, 0.3) is 11.8 Å². The highest BCUT2D eigenvalue weighted by Gasteiger charge is 2.37. The van der Waals surface area contributed by atoms with Gasteiger partial charge in [0, 0.05) is 13.0 Å². The van der Waals surface area contributed by atoms with Crippen LogP contribution in [0.15, 0.2) is 0 Å². The maximum Gasteiger partial charge on any atom is 0.265 e. The average molecular weight is 193 g/mol. The molecular weight excluding hydrogens is 180 g/mol. The van der Waals surface area contributed by atoms with E-state index in [9.17, 15) is 13.6 Å². The summed E-state index contributed by atoms with van der Waals surface area (Å²) in [6, 6.07) is 0. The molecule has 76 valence electrons. The van der Waals surface area contributed by atoms with Gasteiger partial charge in [0.2, 0.25) is 0 Å². The summed E-state index contributed by atoms with van der Waals surface area (Å²) in [4.78, 5) is 12.2. The number of amides is 1. The first kappa shape index (κ1) is 10.4. The number of likely N-dealkylation sites (tertiary alicyclic amines) is 1. The fourth-order valence-electron chi connectivity index (χ4n) is 1.42. The number of aliphatic hydroxyl groups excluding tert-OH is 1. The summed E-state index contributed by atoms with van der Waals surface area (Å²) in [7, 11) is 0. The summed E-state index contributed by atoms with van der Waals surface area (Å²) < 4.78 is 25.6. The second kappa shape index (κ2) is 3.57. The molecule has 0 unspecified atom stereocenters. The number of aliphatic hydroxyl groups is 1. The van der Waals surface area contributed by atoms with Gasteiger partial charge in [-0.1, -0.05) is 0 Å². The number of carbonyl (C=O) groups is 1. The van der Waals surface area contributed by atoms with Gasteiger partial charge < -0.3 is 10.0 Å². The zero-order valence-electron chi connectivity index (χ0n) is 7.46. The number of piperidine rings is 1. The average Bonchev–Trinajstić information content (AvgIpc) is 2.01. The van der Waals surface area contributed by atoms with Gasteiger partial charge in [-0.2, -0.15) is 0 Å². The lowest BCUT2D eigenvalue weighted by Crippen LogP contribution is -2.48. The van der Waals surface area contributed by atoms with E-state index in [1.807, 2.05) is 0 Å². The van der Waals surface area contributed by atoms with E-state index in [-0.39, 0.29) is 6.42 Å². The van der Waals surface area contributed by atoms with Crippen LogP contribution in [0.1, 0.15) is 19.8 Å². The zero-order valence-corrected chi connectivity index (χ0v) is 7.46. The first-order valence-corrected chi connectivity index (χ1v) is 4.27. The lowest BCUT2D eigenvalue weighted by atomic mass is 10.1. The van der Waals surface area contributed by atoms with Crippen LogP contribution in [0, 0.1) is 0 Å². The molecule has 0 spiro atoms. The van der Waals surface area contributed by atoms with Gasteiger partial charge >= 0.3 is 0 Å². The van der Waals surface area contributed by atoms with Crippen molar-refractivity contribution < 1.29 is 18.7 Å². The highest BCUT2D eigenvalue weighted by Crippen LogP contribution is 2.26. The van der Waals surface area contributed by atoms with Gasteiger partial charge in [-0.15, -0.1) is 0 Å². The molecule has 13 heavy (non-hydrogen) atoms. The Balaban J connectivity index is 2.57. The number of alkyl halides is 2. The van der Waals surface area contributed by atoms with Crippen molar-refractivity contribution in [2.24, 2.45) is 0 Å². The Morgan fingerprint density at radius 2 is 2.23 bits per heavy atom. The third-order valence-corrected chi connectivity index (χ3v) is 2.06. The lowest BCUT2D eigenvalue weighted by Gasteiger charge is -2.33. The molecule has 0 aromatic heterocycles. The summed E-state index contributed by atoms with van der Waals surface area (Å²) in [5.74, 6) is -3.40. The Kier molecular flexibility index (Phi) is 2.85. The summed E-state index contributed by atoms with van der Waals surface area (Å²) in [6.45, 7) is 1.05. The molecule has 1 saturated heterocycles. The predicted octanol–water partition coefficient (Wildman–Crippen LogP) is 0.625. The van der Waals surface area contributed by atoms with E-state index in [1.165, 1.54) is 6.92 Å². The maximum atomic E-state index is 12.8. The molecule has 1 atom stereocenters. The van der Waals surface area contributed by atoms with Gasteiger partial charge in [0.05, 0.1) is 6.54 Å². The van der Waals surface area contributed by atoms with Crippen LogP contribution in [0.2, 0.25) is 0 Å². The van der Waals surface area contributed by atoms with Crippen molar-refractivity contribution in [3.8, 4) is 0 Å². The molecule has 0 aromatic rings. The van der Waals surface area contributed by atoms with Crippen LogP contribution in [-0.2, 0) is 4.79 Å². The van der Waals surface area contributed by atoms with Crippen molar-refractivity contribution >= 4 is 5.91 Å². The van der Waals surface area contributed by atoms with Crippen LogP contribution in [0.3, 0.4) is 0 Å². The normalized spacial score (nSPS) is 24.2. The monoisotopic (exact) mass is 193 g/mol. The zero-order chi connectivity index (χ0) is 10.1. The molecule has 3 nitrogen and oxygen atoms in total. The van der Waals surface area contributed by atoms with Gasteiger partial charge in [0.15, 0.2) is 0 Å². The lowest BCUT2D eigenvalue weighted by molar-refractivity contribution is -0.149. The Hall–Kier alpha value is -0.710. The fourth-order valence-corrected chi connectivity index (χ4v) is 1.42. The fraction of sp³-hybridized carbons (Fsp3) is 0.875. The van der Waals surface area contributed by atoms with E-state index in [2.05, 4.69) is 0 Å². The van der Waals surface area contributed by atoms with Crippen LogP contribution >= 0.6 is 0 Å². The van der Waals surface area contributed by atoms with Crippen LogP contribution in [0.4, 0.5) is 8.78 Å². The molecule has 0 bridgehead atoms. The Labute approximate surface area is 75.3 Å². The van der Waals surface area contributed by atoms with Crippen molar-refractivity contribution in [2.45, 2.75) is 31.8 Å². The third-order valence-electron chi connectivity index (χ3n) is 2.06. The highest BCUT2D eigenvalue weighted by atomic mass is 19.3. The van der Waals surface area contributed by atoms with Gasteiger partial charge in [-0.05, 0) is 13.3 Å². The SMILES string of the molecule is C[C@@H](O)C(=O)N1CCCC(F)(F)C1. The molecule has 1 rings (SSSR count). The van der Waals surface area contributed by atoms with Crippen LogP contribution in [0.25, 0.3) is 0 Å². The summed E-state index contributed by atoms with van der Waals surface area (Å²) in [5, 5.41) is 8.91. The molecule has 1 aliphatic rings. The van der Waals surface area contributed by atoms with Crippen molar-refractivity contribution in [1.29, 1.82) is 0 Å². The number of rotatable bonds is 1. The topological polar surface area (TPSA) is 40.5 Å². The molecular formula is C8H13F2NO2. The first-order chi connectivity index (χ1) is 5.92. The van der Waals surface area contributed by atoms with Crippen LogP contribution in [0.5, 0.6) is 0 Å². The van der Waals surface area contributed by atoms with Gasteiger partial charge in [-0.25, -0.2) is 8.78 Å². The second-order valence-corrected chi connectivity index (χ2v) is 3.40. The Morgan fingerprint density at radius 1 is 1.62 bits per heavy atom. The Morgan fingerprint density at radius 3 is 2.69 bits per heavy atom. The largest absolute Gasteiger partial charge is 0.384 e. The molecule has 0 radical (unpaired) electrons. The minimum Gasteiger partial charge on any atom is -0.384 e. The van der Waals surface area contributed by atoms with E-state index >= 15 is 0 Å². The van der Waals surface area contributed by atoms with Crippen molar-refractivity contribution in [3.05, 3.63) is 0 Å². The molecule has 0 aliphatic carbocycles. The van der Waals surface area contributed by atoms with Gasteiger partial charge in [-0.3, -0.25) is 4.79 Å². The first-order valence-electron chi connectivity index (χ1n) is 4.27.